The zero-order valence-corrected chi connectivity index (χ0v) is 9.28. The molecule has 0 fully saturated rings. The number of thiazole rings is 1. The topological polar surface area (TPSA) is 30.0 Å². The van der Waals surface area contributed by atoms with Crippen LogP contribution in [0.1, 0.15) is 15.4 Å². The van der Waals surface area contributed by atoms with Crippen LogP contribution in [0.3, 0.4) is 0 Å². The third kappa shape index (κ3) is 1.51. The number of halogens is 1. The second kappa shape index (κ2) is 3.20. The van der Waals surface area contributed by atoms with Crippen LogP contribution in [0.4, 0.5) is 0 Å². The van der Waals surface area contributed by atoms with Gasteiger partial charge < -0.3 is 0 Å². The van der Waals surface area contributed by atoms with E-state index in [1.807, 2.05) is 13.0 Å². The fourth-order valence-corrected chi connectivity index (χ4v) is 2.61. The molecular formula is C9H6BrNOS. The van der Waals surface area contributed by atoms with Crippen LogP contribution in [0, 0.1) is 6.92 Å². The lowest BCUT2D eigenvalue weighted by atomic mass is 10.2. The first-order valence-corrected chi connectivity index (χ1v) is 5.33. The van der Waals surface area contributed by atoms with Crippen molar-refractivity contribution in [2.24, 2.45) is 0 Å². The van der Waals surface area contributed by atoms with E-state index in [4.69, 9.17) is 0 Å². The van der Waals surface area contributed by atoms with E-state index in [2.05, 4.69) is 20.9 Å². The third-order valence-corrected chi connectivity index (χ3v) is 3.36. The molecule has 13 heavy (non-hydrogen) atoms. The maximum atomic E-state index is 10.6. The van der Waals surface area contributed by atoms with E-state index in [-0.39, 0.29) is 0 Å². The lowest BCUT2D eigenvalue weighted by Crippen LogP contribution is -1.81. The second-order valence-corrected chi connectivity index (χ2v) is 4.78. The van der Waals surface area contributed by atoms with Gasteiger partial charge in [-0.3, -0.25) is 4.79 Å². The highest BCUT2D eigenvalue weighted by atomic mass is 79.9. The lowest BCUT2D eigenvalue weighted by Gasteiger charge is -1.94. The lowest BCUT2D eigenvalue weighted by molar-refractivity contribution is 0.112. The summed E-state index contributed by atoms with van der Waals surface area (Å²) in [6.45, 7) is 1.96. The molecule has 0 atom stereocenters. The highest BCUT2D eigenvalue weighted by molar-refractivity contribution is 9.10. The highest BCUT2D eigenvalue weighted by Crippen LogP contribution is 2.27. The Balaban J connectivity index is 2.79. The number of aromatic nitrogens is 1. The predicted molar refractivity (Wildman–Crippen MR) is 57.4 cm³/mol. The molecular weight excluding hydrogens is 250 g/mol. The zero-order chi connectivity index (χ0) is 9.42. The number of hydrogen-bond donors (Lipinski definition) is 0. The summed E-state index contributed by atoms with van der Waals surface area (Å²) < 4.78 is 1.94. The van der Waals surface area contributed by atoms with Gasteiger partial charge >= 0.3 is 0 Å². The van der Waals surface area contributed by atoms with Crippen LogP contribution in [-0.2, 0) is 0 Å². The molecule has 2 rings (SSSR count). The van der Waals surface area contributed by atoms with Gasteiger partial charge in [0.25, 0.3) is 0 Å². The standard InChI is InChI=1S/C9H6BrNOS/c1-5-11-8-2-6(4-12)7(10)3-9(8)13-5/h2-4H,1H3. The summed E-state index contributed by atoms with van der Waals surface area (Å²) in [5, 5.41) is 1.02. The number of aldehydes is 1. The van der Waals surface area contributed by atoms with E-state index < -0.39 is 0 Å². The van der Waals surface area contributed by atoms with Gasteiger partial charge in [-0.05, 0) is 19.1 Å². The largest absolute Gasteiger partial charge is 0.298 e. The Morgan fingerprint density at radius 3 is 3.00 bits per heavy atom. The average Bonchev–Trinajstić information content (AvgIpc) is 2.42. The number of hydrogen-bond acceptors (Lipinski definition) is 3. The van der Waals surface area contributed by atoms with Gasteiger partial charge in [-0.15, -0.1) is 11.3 Å². The number of carbonyl (C=O) groups excluding carboxylic acids is 1. The molecule has 1 heterocycles. The van der Waals surface area contributed by atoms with Crippen LogP contribution in [0.25, 0.3) is 10.2 Å². The Hall–Kier alpha value is -0.740. The van der Waals surface area contributed by atoms with Gasteiger partial charge in [0.05, 0.1) is 15.2 Å². The van der Waals surface area contributed by atoms with Crippen molar-refractivity contribution in [3.05, 3.63) is 27.2 Å². The highest BCUT2D eigenvalue weighted by Gasteiger charge is 2.05. The summed E-state index contributed by atoms with van der Waals surface area (Å²) in [5.41, 5.74) is 1.55. The van der Waals surface area contributed by atoms with Gasteiger partial charge in [0, 0.05) is 10.0 Å². The Morgan fingerprint density at radius 1 is 1.54 bits per heavy atom. The van der Waals surface area contributed by atoms with Crippen molar-refractivity contribution in [2.75, 3.05) is 0 Å². The number of carbonyl (C=O) groups is 1. The van der Waals surface area contributed by atoms with Crippen molar-refractivity contribution in [3.8, 4) is 0 Å². The van der Waals surface area contributed by atoms with E-state index >= 15 is 0 Å². The summed E-state index contributed by atoms with van der Waals surface area (Å²) in [4.78, 5) is 14.9. The number of benzene rings is 1. The van der Waals surface area contributed by atoms with Crippen molar-refractivity contribution in [1.82, 2.24) is 4.98 Å². The van der Waals surface area contributed by atoms with Crippen molar-refractivity contribution in [3.63, 3.8) is 0 Å². The molecule has 0 amide bonds. The van der Waals surface area contributed by atoms with Crippen LogP contribution in [-0.4, -0.2) is 11.3 Å². The molecule has 0 unspecified atom stereocenters. The van der Waals surface area contributed by atoms with Crippen LogP contribution in [0.2, 0.25) is 0 Å². The zero-order valence-electron chi connectivity index (χ0n) is 6.87. The third-order valence-electron chi connectivity index (χ3n) is 1.74. The second-order valence-electron chi connectivity index (χ2n) is 2.69. The molecule has 1 aromatic heterocycles. The van der Waals surface area contributed by atoms with Crippen molar-refractivity contribution >= 4 is 43.8 Å². The van der Waals surface area contributed by atoms with Crippen LogP contribution in [0.15, 0.2) is 16.6 Å². The van der Waals surface area contributed by atoms with E-state index in [0.717, 1.165) is 26.0 Å². The molecule has 2 nitrogen and oxygen atoms in total. The first-order chi connectivity index (χ1) is 6.20. The van der Waals surface area contributed by atoms with Gasteiger partial charge in [0.2, 0.25) is 0 Å². The molecule has 0 saturated carbocycles. The molecule has 0 saturated heterocycles. The van der Waals surface area contributed by atoms with Gasteiger partial charge in [0.15, 0.2) is 6.29 Å². The quantitative estimate of drug-likeness (QED) is 0.733. The number of rotatable bonds is 1. The molecule has 0 aliphatic carbocycles. The monoisotopic (exact) mass is 255 g/mol. The van der Waals surface area contributed by atoms with Gasteiger partial charge in [-0.1, -0.05) is 15.9 Å². The molecule has 0 aliphatic heterocycles. The van der Waals surface area contributed by atoms with Gasteiger partial charge in [-0.25, -0.2) is 4.98 Å². The van der Waals surface area contributed by atoms with Crippen molar-refractivity contribution in [2.45, 2.75) is 6.92 Å². The number of fused-ring (bicyclic) bond motifs is 1. The maximum Gasteiger partial charge on any atom is 0.151 e. The fraction of sp³-hybridized carbons (Fsp3) is 0.111. The normalized spacial score (nSPS) is 10.6. The maximum absolute atomic E-state index is 10.6. The predicted octanol–water partition coefficient (Wildman–Crippen LogP) is 3.18. The van der Waals surface area contributed by atoms with Crippen LogP contribution < -0.4 is 0 Å². The first-order valence-electron chi connectivity index (χ1n) is 3.72. The average molecular weight is 256 g/mol. The van der Waals surface area contributed by atoms with Crippen LogP contribution in [0.5, 0.6) is 0 Å². The van der Waals surface area contributed by atoms with E-state index in [9.17, 15) is 4.79 Å². The Kier molecular flexibility index (Phi) is 2.17. The molecule has 0 spiro atoms. The van der Waals surface area contributed by atoms with Gasteiger partial charge in [0.1, 0.15) is 0 Å². The fourth-order valence-electron chi connectivity index (χ4n) is 1.17. The molecule has 0 bridgehead atoms. The summed E-state index contributed by atoms with van der Waals surface area (Å²) in [6, 6.07) is 3.74. The minimum atomic E-state index is 0.651. The molecule has 4 heteroatoms. The molecule has 0 aliphatic rings. The molecule has 1 aromatic carbocycles. The minimum Gasteiger partial charge on any atom is -0.298 e. The van der Waals surface area contributed by atoms with E-state index in [1.165, 1.54) is 0 Å². The van der Waals surface area contributed by atoms with Crippen LogP contribution >= 0.6 is 27.3 Å². The molecule has 2 aromatic rings. The minimum absolute atomic E-state index is 0.651. The summed E-state index contributed by atoms with van der Waals surface area (Å²) in [6.07, 6.45) is 0.832. The Bertz CT molecular complexity index is 478. The molecule has 66 valence electrons. The Morgan fingerprint density at radius 2 is 2.31 bits per heavy atom. The number of aryl methyl sites for hydroxylation is 1. The van der Waals surface area contributed by atoms with E-state index in [0.29, 0.717) is 5.56 Å². The molecule has 0 radical (unpaired) electrons. The molecule has 0 N–H and O–H groups in total. The number of nitrogens with zero attached hydrogens (tertiary/aromatic N) is 1. The summed E-state index contributed by atoms with van der Waals surface area (Å²) in [5.74, 6) is 0. The van der Waals surface area contributed by atoms with Gasteiger partial charge in [-0.2, -0.15) is 0 Å². The smallest absolute Gasteiger partial charge is 0.151 e. The first kappa shape index (κ1) is 8.84. The summed E-state index contributed by atoms with van der Waals surface area (Å²) >= 11 is 4.96. The van der Waals surface area contributed by atoms with E-state index in [1.54, 1.807) is 17.4 Å². The SMILES string of the molecule is Cc1nc2cc(C=O)c(Br)cc2s1. The van der Waals surface area contributed by atoms with Crippen molar-refractivity contribution in [1.29, 1.82) is 0 Å². The Labute approximate surface area is 87.7 Å². The van der Waals surface area contributed by atoms with Crippen molar-refractivity contribution < 1.29 is 4.79 Å². The summed E-state index contributed by atoms with van der Waals surface area (Å²) in [7, 11) is 0.